The number of anilines is 1. The molecule has 2 N–H and O–H groups in total. The number of nitro benzene ring substituents is 2. The lowest BCUT2D eigenvalue weighted by molar-refractivity contribution is -0.393. The van der Waals surface area contributed by atoms with E-state index in [-0.39, 0.29) is 35.7 Å². The molecule has 11 nitrogen and oxygen atoms in total. The number of esters is 1. The van der Waals surface area contributed by atoms with Crippen molar-refractivity contribution in [1.82, 2.24) is 0 Å². The van der Waals surface area contributed by atoms with Gasteiger partial charge in [0.15, 0.2) is 0 Å². The number of non-ortho nitro benzene ring substituents is 1. The number of rotatable bonds is 8. The Bertz CT molecular complexity index is 761. The van der Waals surface area contributed by atoms with Crippen LogP contribution in [0.4, 0.5) is 17.1 Å². The van der Waals surface area contributed by atoms with E-state index >= 15 is 0 Å². The number of nitrogens with zero attached hydrogens (tertiary/aromatic N) is 2. The van der Waals surface area contributed by atoms with Crippen molar-refractivity contribution in [2.45, 2.75) is 13.8 Å². The molecule has 0 saturated heterocycles. The molecule has 0 heterocycles. The zero-order valence-electron chi connectivity index (χ0n) is 14.8. The molecule has 0 fully saturated rings. The highest BCUT2D eigenvalue weighted by molar-refractivity contribution is 5.87. The van der Waals surface area contributed by atoms with Crippen LogP contribution >= 0.6 is 0 Å². The Morgan fingerprint density at radius 1 is 1.15 bits per heavy atom. The number of carboxylic acid groups (broad SMARTS) is 1. The fourth-order valence-corrected chi connectivity index (χ4v) is 1.39. The second-order valence-electron chi connectivity index (χ2n) is 5.14. The van der Waals surface area contributed by atoms with E-state index in [9.17, 15) is 29.8 Å². The van der Waals surface area contributed by atoms with Gasteiger partial charge in [-0.2, -0.15) is 0 Å². The van der Waals surface area contributed by atoms with Gasteiger partial charge in [-0.05, 0) is 19.9 Å². The van der Waals surface area contributed by atoms with Gasteiger partial charge >= 0.3 is 11.9 Å². The monoisotopic (exact) mass is 381 g/mol. The standard InChI is InChI=1S/C12H13N3O6.C4H6O2/c1-8(2)12(16)21-6-5-13-10-4-3-9(14(17)18)7-11(10)15(19)20;1-3(2)4(5)6/h3-4,7,13H,1,5-6H2,2H3;1H2,2H3,(H,5,6). The summed E-state index contributed by atoms with van der Waals surface area (Å²) < 4.78 is 4.81. The molecular formula is C16H19N3O8. The van der Waals surface area contributed by atoms with Gasteiger partial charge in [-0.15, -0.1) is 0 Å². The van der Waals surface area contributed by atoms with Crippen molar-refractivity contribution < 1.29 is 29.3 Å². The lowest BCUT2D eigenvalue weighted by atomic mass is 10.2. The van der Waals surface area contributed by atoms with E-state index in [4.69, 9.17) is 9.84 Å². The van der Waals surface area contributed by atoms with Crippen molar-refractivity contribution in [2.24, 2.45) is 0 Å². The molecule has 0 aliphatic heterocycles. The fourth-order valence-electron chi connectivity index (χ4n) is 1.39. The van der Waals surface area contributed by atoms with E-state index in [2.05, 4.69) is 18.5 Å². The maximum Gasteiger partial charge on any atom is 0.333 e. The molecule has 0 aliphatic rings. The summed E-state index contributed by atoms with van der Waals surface area (Å²) in [4.78, 5) is 40.7. The predicted molar refractivity (Wildman–Crippen MR) is 96.5 cm³/mol. The quantitative estimate of drug-likeness (QED) is 0.226. The van der Waals surface area contributed by atoms with Crippen LogP contribution in [-0.2, 0) is 14.3 Å². The second kappa shape index (κ2) is 11.0. The lowest BCUT2D eigenvalue weighted by Gasteiger charge is -2.08. The zero-order chi connectivity index (χ0) is 21.1. The minimum atomic E-state index is -0.935. The van der Waals surface area contributed by atoms with Gasteiger partial charge in [0.1, 0.15) is 12.3 Å². The Morgan fingerprint density at radius 2 is 1.70 bits per heavy atom. The maximum absolute atomic E-state index is 11.1. The highest BCUT2D eigenvalue weighted by Crippen LogP contribution is 2.28. The van der Waals surface area contributed by atoms with Crippen molar-refractivity contribution >= 4 is 29.0 Å². The first-order chi connectivity index (χ1) is 12.5. The molecule has 0 bridgehead atoms. The van der Waals surface area contributed by atoms with Gasteiger partial charge < -0.3 is 15.2 Å². The van der Waals surface area contributed by atoms with E-state index in [0.717, 1.165) is 12.1 Å². The first kappa shape index (κ1) is 23.2. The summed E-state index contributed by atoms with van der Waals surface area (Å²) in [5.41, 5.74) is -0.264. The molecule has 1 aromatic rings. The third-order valence-electron chi connectivity index (χ3n) is 2.75. The van der Waals surface area contributed by atoms with Crippen LogP contribution in [0.1, 0.15) is 13.8 Å². The Balaban J connectivity index is 0.000000972. The number of hydrogen-bond donors (Lipinski definition) is 2. The number of nitrogens with one attached hydrogen (secondary N) is 1. The van der Waals surface area contributed by atoms with Crippen LogP contribution in [-0.4, -0.2) is 40.0 Å². The minimum absolute atomic E-state index is 0.0141. The largest absolute Gasteiger partial charge is 0.478 e. The highest BCUT2D eigenvalue weighted by Gasteiger charge is 2.19. The third-order valence-corrected chi connectivity index (χ3v) is 2.75. The molecule has 0 aliphatic carbocycles. The topological polar surface area (TPSA) is 162 Å². The molecule has 146 valence electrons. The van der Waals surface area contributed by atoms with Crippen LogP contribution in [0.15, 0.2) is 42.5 Å². The van der Waals surface area contributed by atoms with Crippen LogP contribution in [0.3, 0.4) is 0 Å². The second-order valence-corrected chi connectivity index (χ2v) is 5.14. The van der Waals surface area contributed by atoms with Gasteiger partial charge in [-0.1, -0.05) is 13.2 Å². The highest BCUT2D eigenvalue weighted by atomic mass is 16.6. The van der Waals surface area contributed by atoms with Crippen molar-refractivity contribution in [3.63, 3.8) is 0 Å². The van der Waals surface area contributed by atoms with E-state index in [1.54, 1.807) is 0 Å². The number of aliphatic carboxylic acids is 1. The predicted octanol–water partition coefficient (Wildman–Crippen LogP) is 2.68. The van der Waals surface area contributed by atoms with Crippen LogP contribution in [0, 0.1) is 20.2 Å². The fraction of sp³-hybridized carbons (Fsp3) is 0.250. The Labute approximate surface area is 154 Å². The molecule has 1 aromatic carbocycles. The first-order valence-electron chi connectivity index (χ1n) is 7.35. The normalized spacial score (nSPS) is 9.26. The van der Waals surface area contributed by atoms with Crippen molar-refractivity contribution in [3.8, 4) is 0 Å². The molecule has 0 amide bonds. The number of carbonyl (C=O) groups excluding carboxylic acids is 1. The third kappa shape index (κ3) is 8.77. The van der Waals surface area contributed by atoms with Crippen molar-refractivity contribution in [1.29, 1.82) is 0 Å². The molecule has 0 spiro atoms. The summed E-state index contributed by atoms with van der Waals surface area (Å²) in [6.07, 6.45) is 0. The Morgan fingerprint density at radius 3 is 2.11 bits per heavy atom. The minimum Gasteiger partial charge on any atom is -0.478 e. The number of hydrogen-bond acceptors (Lipinski definition) is 8. The van der Waals surface area contributed by atoms with Gasteiger partial charge in [0, 0.05) is 23.8 Å². The lowest BCUT2D eigenvalue weighted by Crippen LogP contribution is -2.14. The average Bonchev–Trinajstić information content (AvgIpc) is 2.58. The molecule has 0 radical (unpaired) electrons. The SMILES string of the molecule is C=C(C)C(=O)O.C=C(C)C(=O)OCCNc1ccc([N+](=O)[O-])cc1[N+](=O)[O-]. The van der Waals surface area contributed by atoms with Gasteiger partial charge in [0.25, 0.3) is 11.4 Å². The number of carbonyl (C=O) groups is 2. The molecule has 0 saturated carbocycles. The summed E-state index contributed by atoms with van der Waals surface area (Å²) in [6, 6.07) is 3.24. The van der Waals surface area contributed by atoms with Gasteiger partial charge in [0.2, 0.25) is 0 Å². The Kier molecular flexibility index (Phi) is 9.44. The Hall–Kier alpha value is -3.76. The van der Waals surface area contributed by atoms with E-state index in [1.807, 2.05) is 0 Å². The number of carboxylic acids is 1. The van der Waals surface area contributed by atoms with Crippen molar-refractivity contribution in [2.75, 3.05) is 18.5 Å². The molecule has 11 heteroatoms. The van der Waals surface area contributed by atoms with E-state index < -0.39 is 27.5 Å². The average molecular weight is 381 g/mol. The molecule has 1 rings (SSSR count). The zero-order valence-corrected chi connectivity index (χ0v) is 14.8. The summed E-state index contributed by atoms with van der Waals surface area (Å²) in [5, 5.41) is 32.0. The van der Waals surface area contributed by atoms with Crippen LogP contribution in [0.2, 0.25) is 0 Å². The summed E-state index contributed by atoms with van der Waals surface area (Å²) >= 11 is 0. The number of benzene rings is 1. The smallest absolute Gasteiger partial charge is 0.333 e. The van der Waals surface area contributed by atoms with Crippen LogP contribution < -0.4 is 5.32 Å². The summed E-state index contributed by atoms with van der Waals surface area (Å²) in [6.45, 7) is 9.61. The number of nitro groups is 2. The first-order valence-corrected chi connectivity index (χ1v) is 7.35. The number of ether oxygens (including phenoxy) is 1. The summed E-state index contributed by atoms with van der Waals surface area (Å²) in [7, 11) is 0. The van der Waals surface area contributed by atoms with E-state index in [1.165, 1.54) is 19.9 Å². The molecule has 0 aromatic heterocycles. The van der Waals surface area contributed by atoms with Crippen LogP contribution in [0.5, 0.6) is 0 Å². The molecular weight excluding hydrogens is 362 g/mol. The molecule has 27 heavy (non-hydrogen) atoms. The van der Waals surface area contributed by atoms with Gasteiger partial charge in [-0.25, -0.2) is 9.59 Å². The van der Waals surface area contributed by atoms with E-state index in [0.29, 0.717) is 0 Å². The van der Waals surface area contributed by atoms with Gasteiger partial charge in [0.05, 0.1) is 15.9 Å². The maximum atomic E-state index is 11.1. The van der Waals surface area contributed by atoms with Crippen molar-refractivity contribution in [3.05, 3.63) is 62.7 Å². The van der Waals surface area contributed by atoms with Crippen LogP contribution in [0.25, 0.3) is 0 Å². The summed E-state index contributed by atoms with van der Waals surface area (Å²) in [5.74, 6) is -1.50. The molecule has 0 atom stereocenters. The van der Waals surface area contributed by atoms with Gasteiger partial charge in [-0.3, -0.25) is 20.2 Å². The molecule has 0 unspecified atom stereocenters.